The number of carbonyl (C=O) groups is 2. The minimum absolute atomic E-state index is 0.124. The predicted molar refractivity (Wildman–Crippen MR) is 101 cm³/mol. The van der Waals surface area contributed by atoms with Crippen LogP contribution in [0.4, 0.5) is 0 Å². The number of allylic oxidation sites excluding steroid dienone is 2. The van der Waals surface area contributed by atoms with Gasteiger partial charge in [0.05, 0.1) is 18.1 Å². The van der Waals surface area contributed by atoms with E-state index in [2.05, 4.69) is 49.1 Å². The molecule has 4 aliphatic carbocycles. The highest BCUT2D eigenvalue weighted by molar-refractivity contribution is 9.11. The van der Waals surface area contributed by atoms with Gasteiger partial charge in [0.25, 0.3) is 11.8 Å². The Morgan fingerprint density at radius 3 is 2.08 bits per heavy atom. The molecule has 2 saturated carbocycles. The van der Waals surface area contributed by atoms with Crippen molar-refractivity contribution in [3.63, 3.8) is 0 Å². The maximum atomic E-state index is 12.9. The third-order valence-electron chi connectivity index (χ3n) is 6.27. The molecule has 6 heteroatoms. The molecule has 0 aromatic heterocycles. The Morgan fingerprint density at radius 2 is 1.56 bits per heavy atom. The fourth-order valence-corrected chi connectivity index (χ4v) is 6.14. The van der Waals surface area contributed by atoms with Crippen molar-refractivity contribution in [3.05, 3.63) is 44.4 Å². The third-order valence-corrected chi connectivity index (χ3v) is 7.91. The van der Waals surface area contributed by atoms with Crippen molar-refractivity contribution in [1.82, 2.24) is 5.01 Å². The number of halogens is 2. The summed E-state index contributed by atoms with van der Waals surface area (Å²) in [6, 6.07) is 3.87. The second-order valence-corrected chi connectivity index (χ2v) is 9.21. The van der Waals surface area contributed by atoms with Crippen LogP contribution in [0.25, 0.3) is 0 Å². The Kier molecular flexibility index (Phi) is 3.42. The van der Waals surface area contributed by atoms with E-state index in [0.29, 0.717) is 11.8 Å². The number of nitrogens with zero attached hydrogens (tertiary/aromatic N) is 2. The molecule has 25 heavy (non-hydrogen) atoms. The standard InChI is InChI=1S/C19H16Br2N2O2/c1-8-14(20)4-9(5-15(8)21)7-22-23-18(24)16-10-2-3-11(13-6-12(10)13)17(16)19(23)25/h2-5,7,10-13,16-17H,6H2,1H3/t10-,11-,12-,13-,16+,17+/m0/s1. The van der Waals surface area contributed by atoms with Gasteiger partial charge in [0.2, 0.25) is 0 Å². The summed E-state index contributed by atoms with van der Waals surface area (Å²) in [6.07, 6.45) is 7.11. The van der Waals surface area contributed by atoms with Crippen LogP contribution in [0, 0.1) is 42.4 Å². The highest BCUT2D eigenvalue weighted by Gasteiger charge is 2.67. The SMILES string of the molecule is Cc1c(Br)cc(C=NN2C(=O)[C@@H]3[C@H]4C=C[C@@H]([C@@H]5C[C@@H]45)[C@H]3C2=O)cc1Br. The molecular formula is C19H16Br2N2O2. The normalized spacial score (nSPS) is 37.8. The fourth-order valence-electron chi connectivity index (χ4n) is 4.92. The molecule has 1 aromatic carbocycles. The Labute approximate surface area is 162 Å². The van der Waals surface area contributed by atoms with E-state index in [1.165, 1.54) is 6.42 Å². The molecule has 0 N–H and O–H groups in total. The summed E-state index contributed by atoms with van der Waals surface area (Å²) in [5.74, 6) is 1.06. The van der Waals surface area contributed by atoms with Gasteiger partial charge in [-0.15, -0.1) is 0 Å². The Bertz CT molecular complexity index is 819. The molecular weight excluding hydrogens is 448 g/mol. The lowest BCUT2D eigenvalue weighted by Crippen LogP contribution is -2.40. The summed E-state index contributed by atoms with van der Waals surface area (Å²) in [5, 5.41) is 5.39. The van der Waals surface area contributed by atoms with Gasteiger partial charge in [0.1, 0.15) is 0 Å². The first-order chi connectivity index (χ1) is 12.0. The number of hydrogen-bond acceptors (Lipinski definition) is 3. The second-order valence-electron chi connectivity index (χ2n) is 7.50. The summed E-state index contributed by atoms with van der Waals surface area (Å²) in [7, 11) is 0. The van der Waals surface area contributed by atoms with Gasteiger partial charge in [0.15, 0.2) is 0 Å². The van der Waals surface area contributed by atoms with Crippen LogP contribution >= 0.6 is 31.9 Å². The molecule has 1 saturated heterocycles. The van der Waals surface area contributed by atoms with E-state index in [-0.39, 0.29) is 35.5 Å². The van der Waals surface area contributed by atoms with Crippen LogP contribution in [0.3, 0.4) is 0 Å². The lowest BCUT2D eigenvalue weighted by Gasteiger charge is -2.37. The minimum Gasteiger partial charge on any atom is -0.272 e. The fraction of sp³-hybridized carbons (Fsp3) is 0.421. The quantitative estimate of drug-likeness (QED) is 0.379. The lowest BCUT2D eigenvalue weighted by molar-refractivity contribution is -0.140. The van der Waals surface area contributed by atoms with Gasteiger partial charge in [0, 0.05) is 8.95 Å². The molecule has 2 amide bonds. The van der Waals surface area contributed by atoms with E-state index in [1.54, 1.807) is 6.21 Å². The number of benzene rings is 1. The average molecular weight is 464 g/mol. The maximum absolute atomic E-state index is 12.9. The summed E-state index contributed by atoms with van der Waals surface area (Å²) in [5.41, 5.74) is 1.93. The lowest BCUT2D eigenvalue weighted by atomic mass is 9.63. The van der Waals surface area contributed by atoms with Gasteiger partial charge < -0.3 is 0 Å². The van der Waals surface area contributed by atoms with Gasteiger partial charge in [-0.1, -0.05) is 44.0 Å². The van der Waals surface area contributed by atoms with Crippen LogP contribution < -0.4 is 0 Å². The number of imide groups is 1. The highest BCUT2D eigenvalue weighted by Crippen LogP contribution is 2.65. The molecule has 6 rings (SSSR count). The Morgan fingerprint density at radius 1 is 1.04 bits per heavy atom. The third kappa shape index (κ3) is 2.19. The van der Waals surface area contributed by atoms with E-state index in [9.17, 15) is 9.59 Å². The largest absolute Gasteiger partial charge is 0.272 e. The van der Waals surface area contributed by atoms with Crippen molar-refractivity contribution in [2.45, 2.75) is 13.3 Å². The van der Waals surface area contributed by atoms with Crippen molar-refractivity contribution in [1.29, 1.82) is 0 Å². The molecule has 128 valence electrons. The van der Waals surface area contributed by atoms with Gasteiger partial charge in [-0.25, -0.2) is 0 Å². The molecule has 2 bridgehead atoms. The molecule has 0 spiro atoms. The summed E-state index contributed by atoms with van der Waals surface area (Å²) in [6.45, 7) is 2.00. The van der Waals surface area contributed by atoms with Crippen molar-refractivity contribution in [3.8, 4) is 0 Å². The summed E-state index contributed by atoms with van der Waals surface area (Å²) in [4.78, 5) is 25.7. The molecule has 0 unspecified atom stereocenters. The van der Waals surface area contributed by atoms with E-state index in [1.807, 2.05) is 19.1 Å². The van der Waals surface area contributed by atoms with Gasteiger partial charge in [-0.05, 0) is 60.3 Å². The van der Waals surface area contributed by atoms with Crippen molar-refractivity contribution in [2.75, 3.05) is 0 Å². The van der Waals surface area contributed by atoms with Crippen LogP contribution in [-0.2, 0) is 9.59 Å². The number of hydrogen-bond donors (Lipinski definition) is 0. The molecule has 1 aromatic rings. The topological polar surface area (TPSA) is 49.7 Å². The summed E-state index contributed by atoms with van der Waals surface area (Å²) >= 11 is 7.02. The molecule has 0 radical (unpaired) electrons. The van der Waals surface area contributed by atoms with Crippen LogP contribution in [0.1, 0.15) is 17.5 Å². The zero-order chi connectivity index (χ0) is 17.5. The Balaban J connectivity index is 1.45. The minimum atomic E-state index is -0.195. The monoisotopic (exact) mass is 462 g/mol. The first kappa shape index (κ1) is 15.9. The summed E-state index contributed by atoms with van der Waals surface area (Å²) < 4.78 is 1.91. The maximum Gasteiger partial charge on any atom is 0.254 e. The first-order valence-electron chi connectivity index (χ1n) is 8.53. The smallest absolute Gasteiger partial charge is 0.254 e. The van der Waals surface area contributed by atoms with Crippen LogP contribution in [0.5, 0.6) is 0 Å². The first-order valence-corrected chi connectivity index (χ1v) is 10.1. The second kappa shape index (κ2) is 5.36. The molecule has 1 heterocycles. The van der Waals surface area contributed by atoms with Crippen LogP contribution in [-0.4, -0.2) is 23.0 Å². The molecule has 6 atom stereocenters. The molecule has 5 aliphatic rings. The highest BCUT2D eigenvalue weighted by atomic mass is 79.9. The van der Waals surface area contributed by atoms with Gasteiger partial charge >= 0.3 is 0 Å². The van der Waals surface area contributed by atoms with Gasteiger partial charge in [-0.2, -0.15) is 10.1 Å². The predicted octanol–water partition coefficient (Wildman–Crippen LogP) is 3.91. The van der Waals surface area contributed by atoms with Crippen molar-refractivity contribution in [2.24, 2.45) is 40.6 Å². The molecule has 3 fully saturated rings. The van der Waals surface area contributed by atoms with E-state index in [4.69, 9.17) is 0 Å². The number of hydrazone groups is 1. The van der Waals surface area contributed by atoms with Crippen LogP contribution in [0.15, 0.2) is 38.3 Å². The van der Waals surface area contributed by atoms with Gasteiger partial charge in [-0.3, -0.25) is 9.59 Å². The van der Waals surface area contributed by atoms with E-state index in [0.717, 1.165) is 25.1 Å². The number of rotatable bonds is 2. The van der Waals surface area contributed by atoms with Crippen molar-refractivity contribution < 1.29 is 9.59 Å². The van der Waals surface area contributed by atoms with E-state index < -0.39 is 0 Å². The average Bonchev–Trinajstić information content (AvgIpc) is 3.37. The Hall–Kier alpha value is -1.27. The molecule has 1 aliphatic heterocycles. The molecule has 4 nitrogen and oxygen atoms in total. The zero-order valence-corrected chi connectivity index (χ0v) is 16.7. The number of carbonyl (C=O) groups excluding carboxylic acids is 2. The number of amides is 2. The van der Waals surface area contributed by atoms with Crippen LogP contribution in [0.2, 0.25) is 0 Å². The van der Waals surface area contributed by atoms with Crippen molar-refractivity contribution >= 4 is 49.9 Å². The zero-order valence-electron chi connectivity index (χ0n) is 13.5. The van der Waals surface area contributed by atoms with E-state index >= 15 is 0 Å².